The highest BCUT2D eigenvalue weighted by Crippen LogP contribution is 2.38. The summed E-state index contributed by atoms with van der Waals surface area (Å²) in [6.45, 7) is 0. The minimum Gasteiger partial charge on any atom is -0.296 e. The number of anilines is 1. The number of nitrogens with zero attached hydrogens (tertiary/aromatic N) is 3. The monoisotopic (exact) mass is 511 g/mol. The van der Waals surface area contributed by atoms with Crippen LogP contribution in [0.1, 0.15) is 5.56 Å². The summed E-state index contributed by atoms with van der Waals surface area (Å²) < 4.78 is 66.6. The molecule has 0 saturated heterocycles. The first-order chi connectivity index (χ1) is 14.3. The van der Waals surface area contributed by atoms with Crippen LogP contribution in [-0.2, 0) is 16.0 Å². The van der Waals surface area contributed by atoms with Gasteiger partial charge in [0.1, 0.15) is 0 Å². The van der Waals surface area contributed by atoms with Gasteiger partial charge >= 0.3 is 12.2 Å². The zero-order valence-electron chi connectivity index (χ0n) is 15.4. The van der Waals surface area contributed by atoms with Crippen molar-refractivity contribution in [3.63, 3.8) is 0 Å². The van der Waals surface area contributed by atoms with Crippen LogP contribution < -0.4 is 4.90 Å². The van der Waals surface area contributed by atoms with Gasteiger partial charge in [0.15, 0.2) is 0 Å². The van der Waals surface area contributed by atoms with Gasteiger partial charge in [0, 0.05) is 22.8 Å². The van der Waals surface area contributed by atoms with Crippen LogP contribution in [0, 0.1) is 0 Å². The van der Waals surface area contributed by atoms with Crippen molar-refractivity contribution in [2.24, 2.45) is 0 Å². The zero-order valence-corrected chi connectivity index (χ0v) is 18.4. The lowest BCUT2D eigenvalue weighted by Gasteiger charge is -2.16. The molecular formula is C18H11Cl3F3N3O3S. The molecule has 0 saturated carbocycles. The number of hydrogen-bond donors (Lipinski definition) is 0. The molecule has 0 N–H and O–H groups in total. The molecule has 3 aromatic rings. The van der Waals surface area contributed by atoms with Crippen LogP contribution in [-0.4, -0.2) is 31.3 Å². The van der Waals surface area contributed by atoms with E-state index in [4.69, 9.17) is 34.8 Å². The molecule has 164 valence electrons. The van der Waals surface area contributed by atoms with E-state index in [1.807, 2.05) is 0 Å². The van der Waals surface area contributed by atoms with Crippen molar-refractivity contribution in [3.8, 4) is 0 Å². The molecule has 1 aromatic heterocycles. The van der Waals surface area contributed by atoms with Crippen LogP contribution in [0.4, 0.5) is 23.7 Å². The summed E-state index contributed by atoms with van der Waals surface area (Å²) in [5.74, 6) is 0. The summed E-state index contributed by atoms with van der Waals surface area (Å²) in [5, 5.41) is 2.35. The highest BCUT2D eigenvalue weighted by Gasteiger charge is 2.39. The number of sulfone groups is 1. The van der Waals surface area contributed by atoms with E-state index in [9.17, 15) is 26.4 Å². The topological polar surface area (TPSA) is 72.3 Å². The van der Waals surface area contributed by atoms with Crippen molar-refractivity contribution < 1.29 is 26.4 Å². The van der Waals surface area contributed by atoms with Gasteiger partial charge in [-0.25, -0.2) is 13.2 Å². The summed E-state index contributed by atoms with van der Waals surface area (Å²) >= 11 is 17.3. The quantitative estimate of drug-likeness (QED) is 0.445. The molecule has 0 radical (unpaired) electrons. The normalized spacial score (nSPS) is 12.1. The third-order valence-electron chi connectivity index (χ3n) is 4.13. The van der Waals surface area contributed by atoms with Crippen molar-refractivity contribution >= 4 is 56.4 Å². The number of halogens is 6. The lowest BCUT2D eigenvalue weighted by molar-refractivity contribution is -0.139. The maximum Gasteiger partial charge on any atom is 0.417 e. The van der Waals surface area contributed by atoms with Gasteiger partial charge in [0.2, 0.25) is 14.9 Å². The van der Waals surface area contributed by atoms with Crippen LogP contribution >= 0.6 is 34.8 Å². The molecule has 0 aliphatic rings. The number of rotatable bonds is 3. The minimum absolute atomic E-state index is 0.303. The molecule has 0 atom stereocenters. The van der Waals surface area contributed by atoms with Crippen LogP contribution in [0.5, 0.6) is 0 Å². The molecule has 0 unspecified atom stereocenters. The Labute approximate surface area is 189 Å². The standard InChI is InChI=1S/C18H11Cl3F3N3O3S/c1-26(12-5-2-10(19)3-6-12)17(28)27-9-14(21)16(25-27)31(29,30)15-7-4-11(20)8-13(15)18(22,23)24/h2-9H,1H3. The van der Waals surface area contributed by atoms with Gasteiger partial charge in [-0.1, -0.05) is 34.8 Å². The molecule has 1 amide bonds. The van der Waals surface area contributed by atoms with E-state index in [0.29, 0.717) is 27.5 Å². The molecule has 1 heterocycles. The van der Waals surface area contributed by atoms with Crippen molar-refractivity contribution in [3.05, 3.63) is 69.3 Å². The molecule has 3 rings (SSSR count). The Morgan fingerprint density at radius 1 is 1.03 bits per heavy atom. The predicted octanol–water partition coefficient (Wildman–Crippen LogP) is 5.80. The first-order valence-electron chi connectivity index (χ1n) is 8.23. The largest absolute Gasteiger partial charge is 0.417 e. The van der Waals surface area contributed by atoms with E-state index in [0.717, 1.165) is 17.2 Å². The second-order valence-electron chi connectivity index (χ2n) is 6.19. The van der Waals surface area contributed by atoms with E-state index in [1.54, 1.807) is 0 Å². The van der Waals surface area contributed by atoms with Gasteiger partial charge in [-0.05, 0) is 42.5 Å². The average Bonchev–Trinajstić information content (AvgIpc) is 3.09. The van der Waals surface area contributed by atoms with Crippen LogP contribution in [0.15, 0.2) is 58.6 Å². The zero-order chi connectivity index (χ0) is 23.1. The highest BCUT2D eigenvalue weighted by atomic mass is 35.5. The Hall–Kier alpha value is -2.27. The maximum absolute atomic E-state index is 13.4. The van der Waals surface area contributed by atoms with Crippen molar-refractivity contribution in [2.75, 3.05) is 11.9 Å². The molecule has 6 nitrogen and oxygen atoms in total. The molecule has 0 fully saturated rings. The van der Waals surface area contributed by atoms with E-state index in [1.165, 1.54) is 31.3 Å². The van der Waals surface area contributed by atoms with Gasteiger partial charge < -0.3 is 0 Å². The van der Waals surface area contributed by atoms with Crippen LogP contribution in [0.25, 0.3) is 0 Å². The molecule has 13 heteroatoms. The molecule has 0 spiro atoms. The lowest BCUT2D eigenvalue weighted by atomic mass is 10.2. The summed E-state index contributed by atoms with van der Waals surface area (Å²) in [7, 11) is -3.45. The van der Waals surface area contributed by atoms with Gasteiger partial charge in [-0.15, -0.1) is 0 Å². The number of aromatic nitrogens is 2. The van der Waals surface area contributed by atoms with Crippen molar-refractivity contribution in [1.82, 2.24) is 9.78 Å². The minimum atomic E-state index is -5.01. The number of carbonyl (C=O) groups is 1. The first-order valence-corrected chi connectivity index (χ1v) is 10.8. The molecule has 31 heavy (non-hydrogen) atoms. The van der Waals surface area contributed by atoms with Crippen molar-refractivity contribution in [1.29, 1.82) is 0 Å². The number of benzene rings is 2. The maximum atomic E-state index is 13.4. The smallest absolute Gasteiger partial charge is 0.296 e. The summed E-state index contributed by atoms with van der Waals surface area (Å²) in [4.78, 5) is 12.7. The SMILES string of the molecule is CN(C(=O)n1cc(Cl)c(S(=O)(=O)c2ccc(Cl)cc2C(F)(F)F)n1)c1ccc(Cl)cc1. The Bertz CT molecular complexity index is 1260. The fourth-order valence-corrected chi connectivity index (χ4v) is 4.77. The Kier molecular flexibility index (Phi) is 6.30. The van der Waals surface area contributed by atoms with Gasteiger partial charge in [0.25, 0.3) is 0 Å². The van der Waals surface area contributed by atoms with E-state index in [2.05, 4.69) is 5.10 Å². The summed E-state index contributed by atoms with van der Waals surface area (Å²) in [6.07, 6.45) is -4.11. The number of amides is 1. The fraction of sp³-hybridized carbons (Fsp3) is 0.111. The van der Waals surface area contributed by atoms with E-state index < -0.39 is 42.6 Å². The summed E-state index contributed by atoms with van der Waals surface area (Å²) in [6, 6.07) is 7.51. The van der Waals surface area contributed by atoms with Gasteiger partial charge in [0.05, 0.1) is 21.7 Å². The molecule has 0 bridgehead atoms. The fourth-order valence-electron chi connectivity index (χ4n) is 2.61. The van der Waals surface area contributed by atoms with E-state index >= 15 is 0 Å². The summed E-state index contributed by atoms with van der Waals surface area (Å²) in [5.41, 5.74) is -1.07. The Morgan fingerprint density at radius 3 is 2.19 bits per heavy atom. The number of alkyl halides is 3. The van der Waals surface area contributed by atoms with Crippen LogP contribution in [0.2, 0.25) is 15.1 Å². The average molecular weight is 513 g/mol. The molecule has 0 aliphatic carbocycles. The van der Waals surface area contributed by atoms with Crippen LogP contribution in [0.3, 0.4) is 0 Å². The van der Waals surface area contributed by atoms with Gasteiger partial charge in [-0.2, -0.15) is 23.0 Å². The highest BCUT2D eigenvalue weighted by molar-refractivity contribution is 7.91. The molecule has 0 aliphatic heterocycles. The molecule has 2 aromatic carbocycles. The Morgan fingerprint density at radius 2 is 1.61 bits per heavy atom. The number of hydrogen-bond acceptors (Lipinski definition) is 4. The van der Waals surface area contributed by atoms with Gasteiger partial charge in [-0.3, -0.25) is 4.90 Å². The number of carbonyl (C=O) groups excluding carboxylic acids is 1. The molecular weight excluding hydrogens is 502 g/mol. The van der Waals surface area contributed by atoms with Crippen molar-refractivity contribution in [2.45, 2.75) is 16.1 Å². The predicted molar refractivity (Wildman–Crippen MR) is 110 cm³/mol. The second kappa shape index (κ2) is 8.34. The van der Waals surface area contributed by atoms with E-state index in [-0.39, 0.29) is 5.02 Å². The third-order valence-corrected chi connectivity index (χ3v) is 6.75. The second-order valence-corrected chi connectivity index (χ2v) is 9.30. The lowest BCUT2D eigenvalue weighted by Crippen LogP contribution is -2.31. The Balaban J connectivity index is 2.04. The third kappa shape index (κ3) is 4.67. The first kappa shape index (κ1) is 23.4.